The second kappa shape index (κ2) is 8.74. The predicted octanol–water partition coefficient (Wildman–Crippen LogP) is -0.0164. The van der Waals surface area contributed by atoms with E-state index in [-0.39, 0.29) is 36.5 Å². The topological polar surface area (TPSA) is 70.6 Å². The van der Waals surface area contributed by atoms with Gasteiger partial charge in [-0.2, -0.15) is 11.8 Å². The minimum atomic E-state index is -0.103. The Balaban J connectivity index is 2.19. The number of ether oxygens (including phenoxy) is 1. The lowest BCUT2D eigenvalue weighted by Crippen LogP contribution is -2.43. The molecule has 0 aliphatic carbocycles. The number of nitrogens with one attached hydrogen (secondary N) is 2. The number of piperidine rings is 1. The van der Waals surface area contributed by atoms with Crippen LogP contribution in [-0.2, 0) is 9.53 Å². The molecule has 1 aliphatic rings. The molecule has 6 heteroatoms. The first-order valence-electron chi connectivity index (χ1n) is 6.42. The van der Waals surface area contributed by atoms with Gasteiger partial charge < -0.3 is 20.5 Å². The molecule has 2 unspecified atom stereocenters. The maximum atomic E-state index is 11.7. The second-order valence-electron chi connectivity index (χ2n) is 4.57. The number of hydrogen-bond acceptors (Lipinski definition) is 5. The first-order valence-corrected chi connectivity index (χ1v) is 7.71. The highest BCUT2D eigenvalue weighted by molar-refractivity contribution is 7.99. The third-order valence-corrected chi connectivity index (χ3v) is 4.33. The first-order chi connectivity index (χ1) is 8.67. The van der Waals surface area contributed by atoms with Crippen molar-refractivity contribution in [1.82, 2.24) is 10.6 Å². The van der Waals surface area contributed by atoms with Crippen molar-refractivity contribution >= 4 is 17.7 Å². The molecule has 0 aromatic heterocycles. The van der Waals surface area contributed by atoms with Crippen molar-refractivity contribution in [3.8, 4) is 0 Å². The summed E-state index contributed by atoms with van der Waals surface area (Å²) in [5.41, 5.74) is 0. The van der Waals surface area contributed by atoms with Gasteiger partial charge in [-0.05, 0) is 39.1 Å². The van der Waals surface area contributed by atoms with Crippen molar-refractivity contribution in [2.24, 2.45) is 0 Å². The lowest BCUT2D eigenvalue weighted by molar-refractivity contribution is -0.128. The van der Waals surface area contributed by atoms with Crippen LogP contribution in [0.3, 0.4) is 0 Å². The average molecular weight is 276 g/mol. The lowest BCUT2D eigenvalue weighted by Gasteiger charge is -2.24. The van der Waals surface area contributed by atoms with Gasteiger partial charge in [0.05, 0.1) is 12.7 Å². The zero-order chi connectivity index (χ0) is 13.4. The zero-order valence-corrected chi connectivity index (χ0v) is 12.0. The van der Waals surface area contributed by atoms with Crippen LogP contribution in [0.4, 0.5) is 0 Å². The fraction of sp³-hybridized carbons (Fsp3) is 0.917. The summed E-state index contributed by atoms with van der Waals surface area (Å²) >= 11 is 1.55. The van der Waals surface area contributed by atoms with E-state index in [1.165, 1.54) is 0 Å². The molecule has 0 radical (unpaired) electrons. The van der Waals surface area contributed by atoms with E-state index in [1.54, 1.807) is 11.8 Å². The molecule has 1 heterocycles. The summed E-state index contributed by atoms with van der Waals surface area (Å²) in [7, 11) is 0. The molecule has 2 atom stereocenters. The van der Waals surface area contributed by atoms with Crippen LogP contribution in [0, 0.1) is 0 Å². The molecule has 5 nitrogen and oxygen atoms in total. The molecule has 18 heavy (non-hydrogen) atoms. The first kappa shape index (κ1) is 15.8. The average Bonchev–Trinajstić information content (AvgIpc) is 2.39. The Morgan fingerprint density at radius 3 is 2.78 bits per heavy atom. The number of amides is 1. The van der Waals surface area contributed by atoms with Crippen LogP contribution < -0.4 is 10.6 Å². The van der Waals surface area contributed by atoms with Gasteiger partial charge in [0, 0.05) is 11.3 Å². The molecule has 0 spiro atoms. The Kier molecular flexibility index (Phi) is 7.65. The standard InChI is InChI=1S/C12H24N2O3S/c1-9(11(7-15)18-2)14-12(16)8-17-10-3-5-13-6-4-10/h9-11,13,15H,3-8H2,1-2H3,(H,14,16). The summed E-state index contributed by atoms with van der Waals surface area (Å²) in [5, 5.41) is 15.3. The van der Waals surface area contributed by atoms with E-state index in [0.717, 1.165) is 25.9 Å². The minimum Gasteiger partial charge on any atom is -0.395 e. The Morgan fingerprint density at radius 2 is 2.22 bits per heavy atom. The predicted molar refractivity (Wildman–Crippen MR) is 73.8 cm³/mol. The van der Waals surface area contributed by atoms with E-state index in [1.807, 2.05) is 13.2 Å². The van der Waals surface area contributed by atoms with Crippen molar-refractivity contribution in [1.29, 1.82) is 0 Å². The van der Waals surface area contributed by atoms with Gasteiger partial charge >= 0.3 is 0 Å². The number of carbonyl (C=O) groups excluding carboxylic acids is 1. The van der Waals surface area contributed by atoms with E-state index >= 15 is 0 Å². The summed E-state index contributed by atoms with van der Waals surface area (Å²) in [4.78, 5) is 11.7. The molecule has 0 aromatic carbocycles. The smallest absolute Gasteiger partial charge is 0.246 e. The Hall–Kier alpha value is -0.300. The van der Waals surface area contributed by atoms with Crippen LogP contribution in [0.2, 0.25) is 0 Å². The summed E-state index contributed by atoms with van der Waals surface area (Å²) in [6.07, 6.45) is 4.05. The minimum absolute atomic E-state index is 0.0350. The zero-order valence-electron chi connectivity index (χ0n) is 11.1. The molecule has 1 aliphatic heterocycles. The van der Waals surface area contributed by atoms with Crippen molar-refractivity contribution < 1.29 is 14.6 Å². The van der Waals surface area contributed by atoms with E-state index in [0.29, 0.717) is 0 Å². The van der Waals surface area contributed by atoms with Gasteiger partial charge in [-0.3, -0.25) is 4.79 Å². The molecule has 1 fully saturated rings. The maximum Gasteiger partial charge on any atom is 0.246 e. The largest absolute Gasteiger partial charge is 0.395 e. The van der Waals surface area contributed by atoms with E-state index in [2.05, 4.69) is 10.6 Å². The van der Waals surface area contributed by atoms with Crippen LogP contribution in [0.15, 0.2) is 0 Å². The van der Waals surface area contributed by atoms with Gasteiger partial charge in [-0.25, -0.2) is 0 Å². The summed E-state index contributed by atoms with van der Waals surface area (Å²) in [6.45, 7) is 4.00. The highest BCUT2D eigenvalue weighted by Crippen LogP contribution is 2.10. The van der Waals surface area contributed by atoms with Crippen molar-refractivity contribution in [3.63, 3.8) is 0 Å². The van der Waals surface area contributed by atoms with E-state index < -0.39 is 0 Å². The Morgan fingerprint density at radius 1 is 1.56 bits per heavy atom. The number of hydrogen-bond donors (Lipinski definition) is 3. The Labute approximate surface area is 113 Å². The molecule has 0 aromatic rings. The summed E-state index contributed by atoms with van der Waals surface area (Å²) < 4.78 is 5.57. The third kappa shape index (κ3) is 5.56. The van der Waals surface area contributed by atoms with Gasteiger partial charge in [0.15, 0.2) is 0 Å². The van der Waals surface area contributed by atoms with Gasteiger partial charge in [0.25, 0.3) is 0 Å². The third-order valence-electron chi connectivity index (χ3n) is 3.17. The molecule has 1 amide bonds. The lowest BCUT2D eigenvalue weighted by atomic mass is 10.1. The molecular formula is C12H24N2O3S. The monoisotopic (exact) mass is 276 g/mol. The number of thioether (sulfide) groups is 1. The fourth-order valence-electron chi connectivity index (χ4n) is 1.98. The van der Waals surface area contributed by atoms with Crippen LogP contribution in [0.5, 0.6) is 0 Å². The van der Waals surface area contributed by atoms with Crippen LogP contribution in [-0.4, -0.2) is 61.0 Å². The van der Waals surface area contributed by atoms with Gasteiger partial charge in [0.2, 0.25) is 5.91 Å². The van der Waals surface area contributed by atoms with Crippen molar-refractivity contribution in [2.45, 2.75) is 37.2 Å². The molecule has 0 saturated carbocycles. The van der Waals surface area contributed by atoms with Gasteiger partial charge in [-0.15, -0.1) is 0 Å². The van der Waals surface area contributed by atoms with Gasteiger partial charge in [-0.1, -0.05) is 0 Å². The second-order valence-corrected chi connectivity index (χ2v) is 5.65. The summed E-state index contributed by atoms with van der Waals surface area (Å²) in [5.74, 6) is -0.103. The van der Waals surface area contributed by atoms with Crippen LogP contribution >= 0.6 is 11.8 Å². The number of carbonyl (C=O) groups is 1. The molecule has 0 bridgehead atoms. The fourth-order valence-corrected chi connectivity index (χ4v) is 2.61. The maximum absolute atomic E-state index is 11.7. The number of aliphatic hydroxyl groups excluding tert-OH is 1. The highest BCUT2D eigenvalue weighted by atomic mass is 32.2. The van der Waals surface area contributed by atoms with Crippen LogP contribution in [0.25, 0.3) is 0 Å². The van der Waals surface area contributed by atoms with Crippen molar-refractivity contribution in [2.75, 3.05) is 32.6 Å². The highest BCUT2D eigenvalue weighted by Gasteiger charge is 2.19. The molecule has 106 valence electrons. The number of aliphatic hydroxyl groups is 1. The SMILES string of the molecule is CSC(CO)C(C)NC(=O)COC1CCNCC1. The summed E-state index contributed by atoms with van der Waals surface area (Å²) in [6, 6.07) is -0.0471. The molecular weight excluding hydrogens is 252 g/mol. The number of rotatable bonds is 7. The normalized spacial score (nSPS) is 20.4. The van der Waals surface area contributed by atoms with E-state index in [4.69, 9.17) is 9.84 Å². The molecule has 1 saturated heterocycles. The van der Waals surface area contributed by atoms with Gasteiger partial charge in [0.1, 0.15) is 6.61 Å². The van der Waals surface area contributed by atoms with E-state index in [9.17, 15) is 4.79 Å². The molecule has 1 rings (SSSR count). The van der Waals surface area contributed by atoms with Crippen molar-refractivity contribution in [3.05, 3.63) is 0 Å². The quantitative estimate of drug-likeness (QED) is 0.610. The van der Waals surface area contributed by atoms with Crippen LogP contribution in [0.1, 0.15) is 19.8 Å². The Bertz CT molecular complexity index is 243. The molecule has 3 N–H and O–H groups in total.